The number of likely N-dealkylation sites (tertiary alicyclic amines) is 1. The van der Waals surface area contributed by atoms with Crippen molar-refractivity contribution < 1.29 is 0 Å². The monoisotopic (exact) mass is 1560 g/mol. The molecule has 0 bridgehead atoms. The van der Waals surface area contributed by atoms with Crippen LogP contribution in [0.3, 0.4) is 0 Å². The van der Waals surface area contributed by atoms with Gasteiger partial charge in [-0.3, -0.25) is 0 Å². The first-order valence-electron chi connectivity index (χ1n) is 44.6. The minimum Gasteiger partial charge on any atom is -0.354 e. The predicted octanol–water partition coefficient (Wildman–Crippen LogP) is 17.7. The summed E-state index contributed by atoms with van der Waals surface area (Å²) in [6.07, 6.45) is 36.9. The van der Waals surface area contributed by atoms with Crippen LogP contribution in [-0.2, 0) is 60.4 Å². The van der Waals surface area contributed by atoms with Gasteiger partial charge in [0, 0.05) is 102 Å². The van der Waals surface area contributed by atoms with E-state index in [0.29, 0.717) is 12.5 Å². The molecule has 5 aliphatic carbocycles. The lowest BCUT2D eigenvalue weighted by atomic mass is 9.64. The second kappa shape index (κ2) is 36.1. The van der Waals surface area contributed by atoms with E-state index in [1.165, 1.54) is 224 Å². The summed E-state index contributed by atoms with van der Waals surface area (Å²) in [6, 6.07) is 61.0. The van der Waals surface area contributed by atoms with E-state index in [9.17, 15) is 0 Å². The topological polar surface area (TPSA) is 194 Å². The van der Waals surface area contributed by atoms with Gasteiger partial charge >= 0.3 is 0 Å². The van der Waals surface area contributed by atoms with Gasteiger partial charge in [0.2, 0.25) is 23.8 Å². The van der Waals surface area contributed by atoms with Gasteiger partial charge in [0.1, 0.15) is 0 Å². The molecule has 0 atom stereocenters. The highest BCUT2D eigenvalue weighted by molar-refractivity contribution is 5.86. The first kappa shape index (κ1) is 78.3. The molecule has 0 amide bonds. The number of hydrogen-bond acceptors (Lipinski definition) is 17. The van der Waals surface area contributed by atoms with Crippen molar-refractivity contribution in [2.75, 3.05) is 113 Å². The summed E-state index contributed by atoms with van der Waals surface area (Å²) in [7, 11) is 2.07. The Kier molecular flexibility index (Phi) is 24.2. The van der Waals surface area contributed by atoms with Gasteiger partial charge in [0.15, 0.2) is 0 Å². The molecule has 7 N–H and O–H groups in total. The van der Waals surface area contributed by atoms with Crippen molar-refractivity contribution in [2.45, 2.75) is 182 Å². The maximum absolute atomic E-state index is 5.03. The van der Waals surface area contributed by atoms with Gasteiger partial charge in [-0.15, -0.1) is 0 Å². The quantitative estimate of drug-likeness (QED) is 0.0401. The molecule has 4 spiro atoms. The zero-order valence-electron chi connectivity index (χ0n) is 68.9. The lowest BCUT2D eigenvalue weighted by Crippen LogP contribution is -2.43. The molecular weight excluding hydrogens is 1440 g/mol. The molecule has 4 aromatic heterocycles. The Bertz CT molecular complexity index is 5170. The average Bonchev–Trinajstić information content (AvgIpc) is 0.783. The zero-order chi connectivity index (χ0) is 78.7. The van der Waals surface area contributed by atoms with Crippen LogP contribution in [0.5, 0.6) is 0 Å². The van der Waals surface area contributed by atoms with Gasteiger partial charge in [-0.1, -0.05) is 208 Å². The number of benzene rings is 7. The Morgan fingerprint density at radius 2 is 0.786 bits per heavy atom. The Labute approximate surface area is 693 Å². The van der Waals surface area contributed by atoms with E-state index < -0.39 is 0 Å². The SMILES string of the molecule is CN(Cc1ccccc1)c1ncc2c(n1)-c1ccccc1C1(CCNCC1)C2.c1ccc2c(c1)-c1nc(NCC3CCCCCC3)ncc1CC21CCNCC1.c1ccc2c(c1)-c1nc(NCCCN3CCCCCC3)ncc1CC21CCNCC1.c1ccc2c(c1)-c1nc(NCc3cccc4ccccc34)ncc1CC21CCNCC1. The molecule has 117 heavy (non-hydrogen) atoms. The van der Waals surface area contributed by atoms with E-state index in [1.807, 2.05) is 12.3 Å². The first-order valence-corrected chi connectivity index (χ1v) is 44.6. The summed E-state index contributed by atoms with van der Waals surface area (Å²) in [4.78, 5) is 43.6. The largest absolute Gasteiger partial charge is 0.354 e. The minimum atomic E-state index is 0.218. The highest BCUT2D eigenvalue weighted by atomic mass is 15.2. The van der Waals surface area contributed by atoms with E-state index >= 15 is 0 Å². The van der Waals surface area contributed by atoms with E-state index in [0.717, 1.165) is 151 Å². The molecule has 7 aromatic carbocycles. The van der Waals surface area contributed by atoms with Crippen LogP contribution in [0, 0.1) is 5.92 Å². The van der Waals surface area contributed by atoms with Crippen LogP contribution in [-0.4, -0.2) is 137 Å². The smallest absolute Gasteiger partial charge is 0.225 e. The molecule has 604 valence electrons. The number of aromatic nitrogens is 8. The molecule has 10 aliphatic rings. The molecule has 6 fully saturated rings. The fourth-order valence-corrected chi connectivity index (χ4v) is 21.6. The van der Waals surface area contributed by atoms with Crippen LogP contribution in [0.15, 0.2) is 195 Å². The molecule has 0 unspecified atom stereocenters. The number of nitrogens with zero attached hydrogens (tertiary/aromatic N) is 10. The number of nitrogens with one attached hydrogen (secondary N) is 7. The highest BCUT2D eigenvalue weighted by Crippen LogP contribution is 2.52. The maximum atomic E-state index is 5.03. The first-order chi connectivity index (χ1) is 57.8. The summed E-state index contributed by atoms with van der Waals surface area (Å²) in [5, 5.41) is 27.2. The minimum absolute atomic E-state index is 0.218. The summed E-state index contributed by atoms with van der Waals surface area (Å²) >= 11 is 0. The van der Waals surface area contributed by atoms with E-state index in [2.05, 4.69) is 236 Å². The molecule has 11 aromatic rings. The molecule has 1 saturated carbocycles. The van der Waals surface area contributed by atoms with Crippen molar-refractivity contribution in [3.63, 3.8) is 0 Å². The highest BCUT2D eigenvalue weighted by Gasteiger charge is 2.45. The number of rotatable bonds is 14. The fourth-order valence-electron chi connectivity index (χ4n) is 21.6. The summed E-state index contributed by atoms with van der Waals surface area (Å²) in [5.41, 5.74) is 24.3. The predicted molar refractivity (Wildman–Crippen MR) is 477 cm³/mol. The number of piperidine rings is 4. The van der Waals surface area contributed by atoms with Gasteiger partial charge in [0.05, 0.1) is 22.8 Å². The van der Waals surface area contributed by atoms with Crippen molar-refractivity contribution in [2.24, 2.45) is 5.92 Å². The Hall–Kier alpha value is -9.88. The zero-order valence-corrected chi connectivity index (χ0v) is 68.9. The molecule has 5 saturated heterocycles. The van der Waals surface area contributed by atoms with Crippen molar-refractivity contribution in [1.29, 1.82) is 0 Å². The molecular formula is C100H119N17. The standard InChI is InChI=1S/C27H26N4.C25H35N5.C24H26N4.C24H32N4/c1-2-9-22-19(6-1)7-5-8-20(22)17-29-26-30-18-21-16-27(12-14-28-15-13-27)24-11-4-3-10-23(24)25(21)31-26;1-2-6-16-30(15-5-1)17-7-12-27-24-28-19-20-18-25(10-13-26-14-11-25)22-9-4-3-8-21(22)23(20)29-24;1-28(17-18-7-3-2-4-8-18)23-26-16-19-15-24(11-13-25-14-12-24)21-10-6-5-9-20(21)22(19)27-23;1-2-4-8-18(7-3-1)16-26-23-27-17-19-15-24(11-13-25-14-12-24)21-10-6-5-9-20(21)22(19)28-23/h1-11,18,28H,12-17H2,(H,29,30,31);3-4,8-9,19,26H,1-2,5-7,10-18H2,(H,27,28,29);2-10,16,25H,11-15,17H2,1H3;5-6,9-10,17-18,25H,1-4,7-8,11-16H2,(H,26,27,28). The lowest BCUT2D eigenvalue weighted by Gasteiger charge is -2.42. The summed E-state index contributed by atoms with van der Waals surface area (Å²) in [5.74, 6) is 3.84. The van der Waals surface area contributed by atoms with Crippen molar-refractivity contribution in [1.82, 2.24) is 66.0 Å². The lowest BCUT2D eigenvalue weighted by molar-refractivity contribution is 0.284. The molecule has 5 aliphatic heterocycles. The van der Waals surface area contributed by atoms with E-state index in [-0.39, 0.29) is 21.7 Å². The molecule has 17 heteroatoms. The third-order valence-electron chi connectivity index (χ3n) is 27.9. The van der Waals surface area contributed by atoms with Crippen molar-refractivity contribution >= 4 is 34.6 Å². The van der Waals surface area contributed by atoms with Crippen molar-refractivity contribution in [3.05, 3.63) is 250 Å². The third-order valence-corrected chi connectivity index (χ3v) is 27.9. The van der Waals surface area contributed by atoms with E-state index in [1.54, 1.807) is 0 Å². The third kappa shape index (κ3) is 17.3. The van der Waals surface area contributed by atoms with Crippen molar-refractivity contribution in [3.8, 4) is 45.0 Å². The van der Waals surface area contributed by atoms with Gasteiger partial charge in [-0.2, -0.15) is 0 Å². The van der Waals surface area contributed by atoms with Crippen LogP contribution in [0.25, 0.3) is 55.8 Å². The van der Waals surface area contributed by atoms with Crippen LogP contribution >= 0.6 is 0 Å². The van der Waals surface area contributed by atoms with Crippen LogP contribution in [0.2, 0.25) is 0 Å². The van der Waals surface area contributed by atoms with Crippen LogP contribution in [0.1, 0.15) is 178 Å². The number of anilines is 4. The molecule has 9 heterocycles. The van der Waals surface area contributed by atoms with Crippen LogP contribution in [0.4, 0.5) is 23.8 Å². The average molecular weight is 1560 g/mol. The Morgan fingerprint density at radius 1 is 0.393 bits per heavy atom. The Morgan fingerprint density at radius 3 is 1.26 bits per heavy atom. The molecule has 21 rings (SSSR count). The Balaban J connectivity index is 0.000000108. The summed E-state index contributed by atoms with van der Waals surface area (Å²) < 4.78 is 0. The second-order valence-corrected chi connectivity index (χ2v) is 35.4. The fraction of sp³-hybridized carbons (Fsp3) is 0.440. The van der Waals surface area contributed by atoms with E-state index in [4.69, 9.17) is 39.9 Å². The summed E-state index contributed by atoms with van der Waals surface area (Å²) in [6.45, 7) is 15.9. The van der Waals surface area contributed by atoms with Gasteiger partial charge < -0.3 is 47.0 Å². The number of hydrogen-bond donors (Lipinski definition) is 7. The molecule has 17 nitrogen and oxygen atoms in total. The van der Waals surface area contributed by atoms with Gasteiger partial charge in [-0.05, 0) is 253 Å². The van der Waals surface area contributed by atoms with Crippen LogP contribution < -0.4 is 42.1 Å². The second-order valence-electron chi connectivity index (χ2n) is 35.4. The van der Waals surface area contributed by atoms with Gasteiger partial charge in [-0.25, -0.2) is 39.9 Å². The maximum Gasteiger partial charge on any atom is 0.225 e. The number of fused-ring (bicyclic) bond motifs is 17. The normalized spacial score (nSPS) is 19.0. The van der Waals surface area contributed by atoms with Gasteiger partial charge in [0.25, 0.3) is 0 Å². The molecule has 0 radical (unpaired) electrons.